The molecule has 3 aliphatic rings. The predicted octanol–water partition coefficient (Wildman–Crippen LogP) is 3.09. The molecule has 3 atom stereocenters. The normalized spacial score (nSPS) is 31.8. The average molecular weight is 435 g/mol. The van der Waals surface area contributed by atoms with Gasteiger partial charge >= 0.3 is 0 Å². The molecule has 6 nitrogen and oxygen atoms in total. The maximum absolute atomic E-state index is 13.2. The molecule has 1 saturated heterocycles. The van der Waals surface area contributed by atoms with Gasteiger partial charge in [-0.2, -0.15) is 4.31 Å². The van der Waals surface area contributed by atoms with Crippen LogP contribution in [0.3, 0.4) is 0 Å². The first-order chi connectivity index (χ1) is 13.9. The van der Waals surface area contributed by atoms with Crippen molar-refractivity contribution in [1.29, 1.82) is 0 Å². The fourth-order valence-corrected chi connectivity index (χ4v) is 7.84. The Morgan fingerprint density at radius 1 is 1.17 bits per heavy atom. The van der Waals surface area contributed by atoms with Gasteiger partial charge in [-0.3, -0.25) is 4.79 Å². The van der Waals surface area contributed by atoms with Crippen molar-refractivity contribution in [3.63, 3.8) is 0 Å². The van der Waals surface area contributed by atoms with Gasteiger partial charge in [0.05, 0.1) is 11.0 Å². The number of hydrogen-bond donors (Lipinski definition) is 2. The number of nitrogens with one attached hydrogen (secondary N) is 1. The first kappa shape index (κ1) is 21.8. The number of hydrogen-bond acceptors (Lipinski definition) is 4. The van der Waals surface area contributed by atoms with E-state index in [4.69, 9.17) is 0 Å². The van der Waals surface area contributed by atoms with Gasteiger partial charge in [0.15, 0.2) is 0 Å². The molecule has 0 aromatic heterocycles. The zero-order valence-corrected chi connectivity index (χ0v) is 19.3. The molecule has 30 heavy (non-hydrogen) atoms. The monoisotopic (exact) mass is 434 g/mol. The fourth-order valence-electron chi connectivity index (χ4n) is 6.12. The van der Waals surface area contributed by atoms with Gasteiger partial charge in [0, 0.05) is 24.7 Å². The molecule has 0 spiro atoms. The minimum atomic E-state index is -3.70. The summed E-state index contributed by atoms with van der Waals surface area (Å²) in [6, 6.07) is 5.04. The number of rotatable bonds is 4. The Labute approximate surface area is 180 Å². The number of aliphatic hydroxyl groups is 1. The van der Waals surface area contributed by atoms with E-state index in [1.165, 1.54) is 16.8 Å². The Balaban J connectivity index is 1.58. The van der Waals surface area contributed by atoms with Crippen molar-refractivity contribution in [2.45, 2.75) is 76.8 Å². The molecule has 2 aliphatic carbocycles. The van der Waals surface area contributed by atoms with Crippen LogP contribution in [0.15, 0.2) is 23.1 Å². The second kappa shape index (κ2) is 7.31. The summed E-state index contributed by atoms with van der Waals surface area (Å²) in [5.41, 5.74) is 1.16. The van der Waals surface area contributed by atoms with Crippen LogP contribution in [0.5, 0.6) is 0 Å². The summed E-state index contributed by atoms with van der Waals surface area (Å²) in [4.78, 5) is 13.3. The maximum atomic E-state index is 13.2. The Morgan fingerprint density at radius 2 is 1.83 bits per heavy atom. The number of nitrogens with zero attached hydrogens (tertiary/aromatic N) is 1. The van der Waals surface area contributed by atoms with E-state index in [2.05, 4.69) is 26.1 Å². The van der Waals surface area contributed by atoms with Crippen LogP contribution in [0.25, 0.3) is 0 Å². The summed E-state index contributed by atoms with van der Waals surface area (Å²) in [6.07, 6.45) is 3.91. The van der Waals surface area contributed by atoms with Gasteiger partial charge in [-0.15, -0.1) is 0 Å². The molecule has 7 heteroatoms. The van der Waals surface area contributed by atoms with E-state index in [9.17, 15) is 18.3 Å². The topological polar surface area (TPSA) is 86.7 Å². The molecule has 4 rings (SSSR count). The number of fused-ring (bicyclic) bond motifs is 2. The third-order valence-corrected chi connectivity index (χ3v) is 10.1. The summed E-state index contributed by atoms with van der Waals surface area (Å²) in [7, 11) is -3.70. The highest BCUT2D eigenvalue weighted by molar-refractivity contribution is 7.89. The Hall–Kier alpha value is -1.44. The zero-order chi connectivity index (χ0) is 21.9. The van der Waals surface area contributed by atoms with Crippen LogP contribution in [-0.2, 0) is 10.0 Å². The van der Waals surface area contributed by atoms with E-state index in [0.717, 1.165) is 12.8 Å². The quantitative estimate of drug-likeness (QED) is 0.762. The van der Waals surface area contributed by atoms with E-state index < -0.39 is 16.1 Å². The zero-order valence-electron chi connectivity index (χ0n) is 18.4. The fraction of sp³-hybridized carbons (Fsp3) is 0.696. The van der Waals surface area contributed by atoms with Crippen molar-refractivity contribution in [1.82, 2.24) is 9.62 Å². The molecule has 1 aliphatic heterocycles. The van der Waals surface area contributed by atoms with Crippen molar-refractivity contribution in [3.05, 3.63) is 29.3 Å². The summed E-state index contributed by atoms with van der Waals surface area (Å²) in [5.74, 6) is 0.420. The Morgan fingerprint density at radius 3 is 2.43 bits per heavy atom. The molecular weight excluding hydrogens is 400 g/mol. The number of benzene rings is 1. The van der Waals surface area contributed by atoms with E-state index in [0.29, 0.717) is 43.0 Å². The van der Waals surface area contributed by atoms with Crippen LogP contribution in [-0.4, -0.2) is 49.0 Å². The molecule has 1 aromatic rings. The highest BCUT2D eigenvalue weighted by Gasteiger charge is 2.59. The highest BCUT2D eigenvalue weighted by Crippen LogP contribution is 2.62. The molecule has 0 radical (unpaired) electrons. The highest BCUT2D eigenvalue weighted by atomic mass is 32.2. The van der Waals surface area contributed by atoms with Crippen LogP contribution in [0.1, 0.15) is 68.8 Å². The van der Waals surface area contributed by atoms with Gasteiger partial charge in [0.25, 0.3) is 5.91 Å². The molecule has 1 amide bonds. The number of piperidine rings is 1. The molecule has 2 bridgehead atoms. The van der Waals surface area contributed by atoms with Crippen LogP contribution < -0.4 is 5.32 Å². The van der Waals surface area contributed by atoms with Crippen molar-refractivity contribution in [3.8, 4) is 0 Å². The van der Waals surface area contributed by atoms with Gasteiger partial charge in [0.1, 0.15) is 0 Å². The van der Waals surface area contributed by atoms with Crippen LogP contribution in [0.4, 0.5) is 0 Å². The van der Waals surface area contributed by atoms with E-state index >= 15 is 0 Å². The lowest BCUT2D eigenvalue weighted by molar-refractivity contribution is 0.0737. The van der Waals surface area contributed by atoms with Crippen LogP contribution in [0, 0.1) is 23.7 Å². The second-order valence-corrected chi connectivity index (χ2v) is 12.3. The molecule has 2 saturated carbocycles. The lowest BCUT2D eigenvalue weighted by Gasteiger charge is -2.43. The first-order valence-electron chi connectivity index (χ1n) is 11.0. The number of carbonyl (C=O) groups is 1. The summed E-state index contributed by atoms with van der Waals surface area (Å²) < 4.78 is 27.8. The number of carbonyl (C=O) groups excluding carboxylic acids is 1. The van der Waals surface area contributed by atoms with Crippen molar-refractivity contribution >= 4 is 15.9 Å². The molecule has 2 N–H and O–H groups in total. The molecule has 1 aromatic carbocycles. The van der Waals surface area contributed by atoms with Crippen LogP contribution in [0.2, 0.25) is 0 Å². The lowest BCUT2D eigenvalue weighted by Crippen LogP contribution is -2.52. The number of aliphatic hydroxyl groups excluding tert-OH is 1. The van der Waals surface area contributed by atoms with E-state index in [-0.39, 0.29) is 27.7 Å². The van der Waals surface area contributed by atoms with Gasteiger partial charge < -0.3 is 10.4 Å². The number of aryl methyl sites for hydroxylation is 1. The second-order valence-electron chi connectivity index (χ2n) is 10.4. The summed E-state index contributed by atoms with van der Waals surface area (Å²) >= 11 is 0. The first-order valence-corrected chi connectivity index (χ1v) is 12.5. The number of amides is 1. The van der Waals surface area contributed by atoms with Gasteiger partial charge in [-0.1, -0.05) is 26.8 Å². The van der Waals surface area contributed by atoms with Gasteiger partial charge in [-0.05, 0) is 73.5 Å². The molecule has 166 valence electrons. The third kappa shape index (κ3) is 3.49. The summed E-state index contributed by atoms with van der Waals surface area (Å²) in [5, 5.41) is 13.0. The Bertz CT molecular complexity index is 945. The summed E-state index contributed by atoms with van der Waals surface area (Å²) in [6.45, 7) is 9.10. The third-order valence-electron chi connectivity index (χ3n) is 8.04. The maximum Gasteiger partial charge on any atom is 0.251 e. The molecular formula is C23H34N2O4S. The van der Waals surface area contributed by atoms with Crippen molar-refractivity contribution in [2.75, 3.05) is 13.1 Å². The van der Waals surface area contributed by atoms with Gasteiger partial charge in [-0.25, -0.2) is 8.42 Å². The van der Waals surface area contributed by atoms with Crippen LogP contribution >= 0.6 is 0 Å². The average Bonchev–Trinajstić information content (AvgIpc) is 3.16. The molecule has 3 fully saturated rings. The smallest absolute Gasteiger partial charge is 0.251 e. The molecule has 1 heterocycles. The SMILES string of the molecule is Cc1ccc(C(=O)NC2C(C)(C)[C@@H]3CC[C@]2(C)C3)cc1S(=O)(=O)N1CCC(O)CC1. The van der Waals surface area contributed by atoms with Crippen molar-refractivity contribution < 1.29 is 18.3 Å². The van der Waals surface area contributed by atoms with Crippen molar-refractivity contribution in [2.24, 2.45) is 16.7 Å². The molecule has 1 unspecified atom stereocenters. The van der Waals surface area contributed by atoms with Gasteiger partial charge in [0.2, 0.25) is 10.0 Å². The van der Waals surface area contributed by atoms with E-state index in [1.54, 1.807) is 19.1 Å². The van der Waals surface area contributed by atoms with E-state index in [1.807, 2.05) is 0 Å². The largest absolute Gasteiger partial charge is 0.393 e. The minimum absolute atomic E-state index is 0.0386. The Kier molecular flexibility index (Phi) is 5.31. The predicted molar refractivity (Wildman–Crippen MR) is 116 cm³/mol. The minimum Gasteiger partial charge on any atom is -0.393 e. The number of sulfonamides is 1. The standard InChI is InChI=1S/C23H34N2O4S/c1-15-5-6-16(13-19(15)30(28,29)25-11-8-18(26)9-12-25)20(27)24-21-22(2,3)17-7-10-23(21,4)14-17/h5-6,13,17-18,21,26H,7-12,14H2,1-4H3,(H,24,27)/t17-,21?,23-/m1/s1. The lowest BCUT2D eigenvalue weighted by atomic mass is 9.68.